The van der Waals surface area contributed by atoms with E-state index in [1.807, 2.05) is 12.1 Å². The van der Waals surface area contributed by atoms with Gasteiger partial charge in [-0.25, -0.2) is 4.39 Å². The number of benzene rings is 1. The summed E-state index contributed by atoms with van der Waals surface area (Å²) in [6, 6.07) is 6.73. The molecule has 1 aromatic carbocycles. The van der Waals surface area contributed by atoms with Crippen molar-refractivity contribution >= 4 is 0 Å². The number of hydrogen-bond acceptors (Lipinski definition) is 2. The van der Waals surface area contributed by atoms with Crippen molar-refractivity contribution < 1.29 is 4.39 Å². The van der Waals surface area contributed by atoms with Crippen LogP contribution in [0.2, 0.25) is 0 Å². The standard InChI is InChI=1S/C17H29FN2/c1-4-5-6-7-12-17(2,14-19)20(3)13-15-8-10-16(18)11-9-15/h8-11H,4-7,12-14,19H2,1-3H3. The van der Waals surface area contributed by atoms with Gasteiger partial charge < -0.3 is 5.73 Å². The Bertz CT molecular complexity index is 377. The van der Waals surface area contributed by atoms with Crippen LogP contribution in [0.3, 0.4) is 0 Å². The number of rotatable bonds is 9. The zero-order valence-corrected chi connectivity index (χ0v) is 13.2. The van der Waals surface area contributed by atoms with E-state index in [0.717, 1.165) is 18.5 Å². The van der Waals surface area contributed by atoms with E-state index in [9.17, 15) is 4.39 Å². The molecule has 1 unspecified atom stereocenters. The van der Waals surface area contributed by atoms with E-state index in [-0.39, 0.29) is 11.4 Å². The second-order valence-corrected chi connectivity index (χ2v) is 5.99. The molecule has 0 aromatic heterocycles. The summed E-state index contributed by atoms with van der Waals surface area (Å²) in [6.07, 6.45) is 6.15. The lowest BCUT2D eigenvalue weighted by Crippen LogP contribution is -2.49. The summed E-state index contributed by atoms with van der Waals surface area (Å²) in [5.74, 6) is -0.183. The van der Waals surface area contributed by atoms with Crippen LogP contribution < -0.4 is 5.73 Å². The van der Waals surface area contributed by atoms with Crippen LogP contribution in [0.5, 0.6) is 0 Å². The van der Waals surface area contributed by atoms with Crippen molar-refractivity contribution in [2.75, 3.05) is 13.6 Å². The summed E-state index contributed by atoms with van der Waals surface area (Å²) < 4.78 is 12.9. The first-order valence-corrected chi connectivity index (χ1v) is 7.67. The summed E-state index contributed by atoms with van der Waals surface area (Å²) >= 11 is 0. The predicted molar refractivity (Wildman–Crippen MR) is 84.1 cm³/mol. The fourth-order valence-corrected chi connectivity index (χ4v) is 2.44. The minimum atomic E-state index is -0.183. The molecule has 0 aliphatic rings. The van der Waals surface area contributed by atoms with E-state index in [1.54, 1.807) is 0 Å². The highest BCUT2D eigenvalue weighted by atomic mass is 19.1. The predicted octanol–water partition coefficient (Wildman–Crippen LogP) is 3.95. The third-order valence-corrected chi connectivity index (χ3v) is 4.26. The second-order valence-electron chi connectivity index (χ2n) is 5.99. The van der Waals surface area contributed by atoms with E-state index >= 15 is 0 Å². The van der Waals surface area contributed by atoms with Gasteiger partial charge in [0.25, 0.3) is 0 Å². The Morgan fingerprint density at radius 3 is 2.35 bits per heavy atom. The molecule has 0 fully saturated rings. The van der Waals surface area contributed by atoms with Gasteiger partial charge in [-0.05, 0) is 38.1 Å². The fraction of sp³-hybridized carbons (Fsp3) is 0.647. The molecule has 0 saturated carbocycles. The smallest absolute Gasteiger partial charge is 0.123 e. The minimum Gasteiger partial charge on any atom is -0.329 e. The third-order valence-electron chi connectivity index (χ3n) is 4.26. The number of nitrogens with two attached hydrogens (primary N) is 1. The quantitative estimate of drug-likeness (QED) is 0.694. The maximum atomic E-state index is 12.9. The Morgan fingerprint density at radius 2 is 1.80 bits per heavy atom. The van der Waals surface area contributed by atoms with Crippen LogP contribution in [0.1, 0.15) is 51.5 Å². The van der Waals surface area contributed by atoms with Gasteiger partial charge >= 0.3 is 0 Å². The van der Waals surface area contributed by atoms with Crippen LogP contribution in [-0.4, -0.2) is 24.0 Å². The lowest BCUT2D eigenvalue weighted by atomic mass is 9.92. The number of nitrogens with zero attached hydrogens (tertiary/aromatic N) is 1. The molecule has 3 heteroatoms. The molecule has 2 N–H and O–H groups in total. The van der Waals surface area contributed by atoms with Crippen LogP contribution in [0.15, 0.2) is 24.3 Å². The largest absolute Gasteiger partial charge is 0.329 e. The highest BCUT2D eigenvalue weighted by Gasteiger charge is 2.27. The first kappa shape index (κ1) is 17.1. The van der Waals surface area contributed by atoms with Crippen molar-refractivity contribution in [3.05, 3.63) is 35.6 Å². The summed E-state index contributed by atoms with van der Waals surface area (Å²) in [7, 11) is 2.11. The van der Waals surface area contributed by atoms with Crippen molar-refractivity contribution in [2.45, 2.75) is 58.0 Å². The maximum Gasteiger partial charge on any atom is 0.123 e. The Labute approximate surface area is 123 Å². The van der Waals surface area contributed by atoms with Gasteiger partial charge in [-0.3, -0.25) is 4.90 Å². The number of unbranched alkanes of at least 4 members (excludes halogenated alkanes) is 3. The molecule has 1 atom stereocenters. The van der Waals surface area contributed by atoms with Crippen LogP contribution in [-0.2, 0) is 6.54 Å². The summed E-state index contributed by atoms with van der Waals surface area (Å²) in [6.45, 7) is 5.91. The molecule has 0 radical (unpaired) electrons. The lowest BCUT2D eigenvalue weighted by Gasteiger charge is -2.38. The highest BCUT2D eigenvalue weighted by molar-refractivity contribution is 5.16. The van der Waals surface area contributed by atoms with Crippen molar-refractivity contribution in [1.29, 1.82) is 0 Å². The Morgan fingerprint density at radius 1 is 1.15 bits per heavy atom. The maximum absolute atomic E-state index is 12.9. The molecule has 0 spiro atoms. The van der Waals surface area contributed by atoms with Crippen LogP contribution in [0, 0.1) is 5.82 Å². The van der Waals surface area contributed by atoms with E-state index in [2.05, 4.69) is 25.8 Å². The second kappa shape index (κ2) is 8.38. The number of hydrogen-bond donors (Lipinski definition) is 1. The highest BCUT2D eigenvalue weighted by Crippen LogP contribution is 2.22. The molecule has 0 heterocycles. The van der Waals surface area contributed by atoms with Crippen molar-refractivity contribution in [1.82, 2.24) is 4.90 Å². The molecule has 0 amide bonds. The molecule has 0 aliphatic carbocycles. The van der Waals surface area contributed by atoms with E-state index in [4.69, 9.17) is 5.73 Å². The summed E-state index contributed by atoms with van der Waals surface area (Å²) in [5.41, 5.74) is 7.14. The summed E-state index contributed by atoms with van der Waals surface area (Å²) in [5, 5.41) is 0. The average molecular weight is 280 g/mol. The Balaban J connectivity index is 2.55. The third kappa shape index (κ3) is 5.22. The van der Waals surface area contributed by atoms with Crippen molar-refractivity contribution in [3.8, 4) is 0 Å². The molecule has 2 nitrogen and oxygen atoms in total. The molecule has 0 aliphatic heterocycles. The number of halogens is 1. The van der Waals surface area contributed by atoms with Gasteiger partial charge in [0.05, 0.1) is 0 Å². The first-order valence-electron chi connectivity index (χ1n) is 7.67. The normalized spacial score (nSPS) is 14.5. The van der Waals surface area contributed by atoms with Crippen LogP contribution >= 0.6 is 0 Å². The topological polar surface area (TPSA) is 29.3 Å². The fourth-order valence-electron chi connectivity index (χ4n) is 2.44. The average Bonchev–Trinajstić information content (AvgIpc) is 2.45. The molecule has 114 valence electrons. The molecular weight excluding hydrogens is 251 g/mol. The van der Waals surface area contributed by atoms with Crippen LogP contribution in [0.4, 0.5) is 4.39 Å². The Kier molecular flexibility index (Phi) is 7.17. The lowest BCUT2D eigenvalue weighted by molar-refractivity contribution is 0.122. The van der Waals surface area contributed by atoms with Gasteiger partial charge in [-0.1, -0.05) is 44.7 Å². The van der Waals surface area contributed by atoms with Gasteiger partial charge in [0.15, 0.2) is 0 Å². The van der Waals surface area contributed by atoms with Gasteiger partial charge in [0.2, 0.25) is 0 Å². The molecule has 20 heavy (non-hydrogen) atoms. The number of likely N-dealkylation sites (N-methyl/N-ethyl adjacent to an activating group) is 1. The zero-order valence-electron chi connectivity index (χ0n) is 13.2. The molecule has 1 rings (SSSR count). The van der Waals surface area contributed by atoms with Crippen LogP contribution in [0.25, 0.3) is 0 Å². The van der Waals surface area contributed by atoms with E-state index < -0.39 is 0 Å². The molecular formula is C17H29FN2. The first-order chi connectivity index (χ1) is 9.51. The van der Waals surface area contributed by atoms with Gasteiger partial charge in [0.1, 0.15) is 5.82 Å². The SMILES string of the molecule is CCCCCCC(C)(CN)N(C)Cc1ccc(F)cc1. The van der Waals surface area contributed by atoms with E-state index in [0.29, 0.717) is 6.54 Å². The monoisotopic (exact) mass is 280 g/mol. The summed E-state index contributed by atoms with van der Waals surface area (Å²) in [4.78, 5) is 2.30. The van der Waals surface area contributed by atoms with Crippen molar-refractivity contribution in [3.63, 3.8) is 0 Å². The van der Waals surface area contributed by atoms with Gasteiger partial charge in [-0.2, -0.15) is 0 Å². The molecule has 0 saturated heterocycles. The molecule has 0 bridgehead atoms. The molecule has 1 aromatic rings. The van der Waals surface area contributed by atoms with Crippen molar-refractivity contribution in [2.24, 2.45) is 5.73 Å². The Hall–Kier alpha value is -0.930. The minimum absolute atomic E-state index is 0.0160. The van der Waals surface area contributed by atoms with Gasteiger partial charge in [-0.15, -0.1) is 0 Å². The van der Waals surface area contributed by atoms with E-state index in [1.165, 1.54) is 37.8 Å². The zero-order chi connectivity index (χ0) is 15.0. The van der Waals surface area contributed by atoms with Gasteiger partial charge in [0, 0.05) is 18.6 Å².